The zero-order chi connectivity index (χ0) is 14.6. The van der Waals surface area contributed by atoms with Gasteiger partial charge in [0.05, 0.1) is 22.9 Å². The van der Waals surface area contributed by atoms with Crippen LogP contribution in [-0.2, 0) is 0 Å². The molecular formula is C16H17N3. The first-order valence-corrected chi connectivity index (χ1v) is 5.97. The maximum Gasteiger partial charge on any atom is 0.102 e. The monoisotopic (exact) mass is 251 g/mol. The number of nitrogens with two attached hydrogens (primary N) is 1. The summed E-state index contributed by atoms with van der Waals surface area (Å²) < 4.78 is 0. The summed E-state index contributed by atoms with van der Waals surface area (Å²) in [6, 6.07) is 10.1. The maximum absolute atomic E-state index is 9.29. The Kier molecular flexibility index (Phi) is 4.51. The molecule has 0 saturated heterocycles. The Morgan fingerprint density at radius 1 is 1.11 bits per heavy atom. The van der Waals surface area contributed by atoms with Crippen LogP contribution in [0, 0.1) is 36.5 Å². The van der Waals surface area contributed by atoms with Crippen LogP contribution in [0.5, 0.6) is 0 Å². The lowest BCUT2D eigenvalue weighted by Crippen LogP contribution is -2.05. The van der Waals surface area contributed by atoms with Gasteiger partial charge in [0.2, 0.25) is 0 Å². The molecule has 1 aromatic rings. The number of rotatable bonds is 2. The first-order valence-electron chi connectivity index (χ1n) is 5.97. The molecule has 0 heterocycles. The summed E-state index contributed by atoms with van der Waals surface area (Å²) in [5.74, 6) is 0. The lowest BCUT2D eigenvalue weighted by atomic mass is 9.94. The smallest absolute Gasteiger partial charge is 0.102 e. The van der Waals surface area contributed by atoms with E-state index in [9.17, 15) is 5.26 Å². The predicted molar refractivity (Wildman–Crippen MR) is 76.6 cm³/mol. The van der Waals surface area contributed by atoms with Gasteiger partial charge in [-0.05, 0) is 44.4 Å². The van der Waals surface area contributed by atoms with Crippen LogP contribution in [0.4, 0.5) is 0 Å². The SMILES string of the molecule is C/C(C#N)=C(N)\C(C#N)=C(/C)c1ccc(C)cc1C. The van der Waals surface area contributed by atoms with Gasteiger partial charge in [0.1, 0.15) is 6.07 Å². The number of aryl methyl sites for hydroxylation is 2. The summed E-state index contributed by atoms with van der Waals surface area (Å²) in [6.07, 6.45) is 0. The van der Waals surface area contributed by atoms with Crippen molar-refractivity contribution in [1.29, 1.82) is 10.5 Å². The van der Waals surface area contributed by atoms with E-state index in [2.05, 4.69) is 12.1 Å². The van der Waals surface area contributed by atoms with E-state index in [1.807, 2.05) is 39.0 Å². The van der Waals surface area contributed by atoms with Crippen molar-refractivity contribution in [2.24, 2.45) is 5.73 Å². The number of hydrogen-bond acceptors (Lipinski definition) is 3. The Hall–Kier alpha value is -2.52. The standard InChI is InChI=1S/C16H17N3/c1-10-5-6-14(11(2)7-10)13(4)15(9-18)16(19)12(3)8-17/h5-7H,19H2,1-4H3/b15-13+,16-12-. The molecule has 0 aliphatic heterocycles. The van der Waals surface area contributed by atoms with Crippen molar-refractivity contribution in [1.82, 2.24) is 0 Å². The first-order chi connectivity index (χ1) is 8.92. The molecule has 3 heteroatoms. The average Bonchev–Trinajstić information content (AvgIpc) is 2.38. The fourth-order valence-electron chi connectivity index (χ4n) is 1.96. The Bertz CT molecular complexity index is 650. The van der Waals surface area contributed by atoms with Crippen molar-refractivity contribution in [3.8, 4) is 12.1 Å². The molecule has 1 rings (SSSR count). The molecule has 0 amide bonds. The molecule has 96 valence electrons. The molecule has 0 fully saturated rings. The Labute approximate surface area is 114 Å². The molecule has 0 bridgehead atoms. The van der Waals surface area contributed by atoms with Gasteiger partial charge in [0.25, 0.3) is 0 Å². The van der Waals surface area contributed by atoms with E-state index in [0.29, 0.717) is 11.1 Å². The highest BCUT2D eigenvalue weighted by molar-refractivity contribution is 5.76. The van der Waals surface area contributed by atoms with Crippen molar-refractivity contribution in [3.05, 3.63) is 51.7 Å². The van der Waals surface area contributed by atoms with Gasteiger partial charge >= 0.3 is 0 Å². The molecule has 2 N–H and O–H groups in total. The Morgan fingerprint density at radius 3 is 2.21 bits per heavy atom. The summed E-state index contributed by atoms with van der Waals surface area (Å²) in [5, 5.41) is 18.2. The molecule has 0 aliphatic carbocycles. The van der Waals surface area contributed by atoms with Crippen LogP contribution in [0.25, 0.3) is 5.57 Å². The highest BCUT2D eigenvalue weighted by Gasteiger charge is 2.11. The molecule has 0 aromatic heterocycles. The topological polar surface area (TPSA) is 73.6 Å². The molecule has 19 heavy (non-hydrogen) atoms. The third-order valence-electron chi connectivity index (χ3n) is 3.11. The second-order valence-electron chi connectivity index (χ2n) is 4.58. The van der Waals surface area contributed by atoms with Crippen LogP contribution in [0.2, 0.25) is 0 Å². The minimum atomic E-state index is 0.252. The number of allylic oxidation sites excluding steroid dienone is 3. The fourth-order valence-corrected chi connectivity index (χ4v) is 1.96. The fraction of sp³-hybridized carbons (Fsp3) is 0.250. The Balaban J connectivity index is 3.52. The van der Waals surface area contributed by atoms with Crippen LogP contribution < -0.4 is 5.73 Å². The molecular weight excluding hydrogens is 234 g/mol. The first kappa shape index (κ1) is 14.5. The van der Waals surface area contributed by atoms with E-state index in [4.69, 9.17) is 11.0 Å². The lowest BCUT2D eigenvalue weighted by Gasteiger charge is -2.11. The van der Waals surface area contributed by atoms with E-state index in [-0.39, 0.29) is 5.70 Å². The molecule has 1 aromatic carbocycles. The van der Waals surface area contributed by atoms with Crippen LogP contribution in [-0.4, -0.2) is 0 Å². The summed E-state index contributed by atoms with van der Waals surface area (Å²) in [4.78, 5) is 0. The van der Waals surface area contributed by atoms with Gasteiger partial charge in [-0.2, -0.15) is 10.5 Å². The van der Waals surface area contributed by atoms with Crippen LogP contribution in [0.1, 0.15) is 30.5 Å². The molecule has 0 spiro atoms. The molecule has 3 nitrogen and oxygen atoms in total. The van der Waals surface area contributed by atoms with Crippen LogP contribution in [0.3, 0.4) is 0 Å². The minimum absolute atomic E-state index is 0.252. The highest BCUT2D eigenvalue weighted by atomic mass is 14.6. The molecule has 0 aliphatic rings. The summed E-state index contributed by atoms with van der Waals surface area (Å²) >= 11 is 0. The number of benzene rings is 1. The third kappa shape index (κ3) is 3.03. The van der Waals surface area contributed by atoms with Gasteiger partial charge in [0.15, 0.2) is 0 Å². The molecule has 0 unspecified atom stereocenters. The van der Waals surface area contributed by atoms with Crippen LogP contribution in [0.15, 0.2) is 35.0 Å². The van der Waals surface area contributed by atoms with Crippen molar-refractivity contribution in [2.45, 2.75) is 27.7 Å². The normalized spacial score (nSPS) is 12.9. The third-order valence-corrected chi connectivity index (χ3v) is 3.11. The van der Waals surface area contributed by atoms with Gasteiger partial charge in [-0.1, -0.05) is 23.8 Å². The van der Waals surface area contributed by atoms with E-state index in [1.165, 1.54) is 5.56 Å². The van der Waals surface area contributed by atoms with Gasteiger partial charge in [-0.3, -0.25) is 0 Å². The largest absolute Gasteiger partial charge is 0.397 e. The van der Waals surface area contributed by atoms with E-state index in [0.717, 1.165) is 16.7 Å². The van der Waals surface area contributed by atoms with Gasteiger partial charge in [0, 0.05) is 0 Å². The second-order valence-corrected chi connectivity index (χ2v) is 4.58. The zero-order valence-corrected chi connectivity index (χ0v) is 11.7. The van der Waals surface area contributed by atoms with E-state index in [1.54, 1.807) is 6.92 Å². The van der Waals surface area contributed by atoms with E-state index < -0.39 is 0 Å². The van der Waals surface area contributed by atoms with Gasteiger partial charge < -0.3 is 5.73 Å². The lowest BCUT2D eigenvalue weighted by molar-refractivity contribution is 1.25. The molecule has 0 radical (unpaired) electrons. The van der Waals surface area contributed by atoms with E-state index >= 15 is 0 Å². The minimum Gasteiger partial charge on any atom is -0.397 e. The number of hydrogen-bond donors (Lipinski definition) is 1. The zero-order valence-electron chi connectivity index (χ0n) is 11.7. The van der Waals surface area contributed by atoms with Crippen molar-refractivity contribution in [3.63, 3.8) is 0 Å². The molecule has 0 saturated carbocycles. The second kappa shape index (κ2) is 5.89. The average molecular weight is 251 g/mol. The Morgan fingerprint density at radius 2 is 1.74 bits per heavy atom. The quantitative estimate of drug-likeness (QED) is 0.647. The van der Waals surface area contributed by atoms with Crippen molar-refractivity contribution in [2.75, 3.05) is 0 Å². The van der Waals surface area contributed by atoms with Crippen molar-refractivity contribution < 1.29 is 0 Å². The molecule has 0 atom stereocenters. The summed E-state index contributed by atoms with van der Waals surface area (Å²) in [5.41, 5.74) is 10.9. The highest BCUT2D eigenvalue weighted by Crippen LogP contribution is 2.25. The number of nitriles is 2. The van der Waals surface area contributed by atoms with Gasteiger partial charge in [-0.15, -0.1) is 0 Å². The number of nitrogens with zero attached hydrogens (tertiary/aromatic N) is 2. The van der Waals surface area contributed by atoms with Crippen molar-refractivity contribution >= 4 is 5.57 Å². The summed E-state index contributed by atoms with van der Waals surface area (Å²) in [6.45, 7) is 7.49. The maximum atomic E-state index is 9.29. The predicted octanol–water partition coefficient (Wildman–Crippen LogP) is 3.36. The van der Waals surface area contributed by atoms with Gasteiger partial charge in [-0.25, -0.2) is 0 Å². The summed E-state index contributed by atoms with van der Waals surface area (Å²) in [7, 11) is 0. The van der Waals surface area contributed by atoms with Crippen LogP contribution >= 0.6 is 0 Å².